The predicted octanol–water partition coefficient (Wildman–Crippen LogP) is 4.31. The zero-order chi connectivity index (χ0) is 12.8. The lowest BCUT2D eigenvalue weighted by Crippen LogP contribution is -2.14. The van der Waals surface area contributed by atoms with Gasteiger partial charge < -0.3 is 9.73 Å². The van der Waals surface area contributed by atoms with E-state index in [0.717, 1.165) is 22.9 Å². The largest absolute Gasteiger partial charge is 0.440 e. The van der Waals surface area contributed by atoms with Gasteiger partial charge in [0.05, 0.1) is 0 Å². The van der Waals surface area contributed by atoms with E-state index in [-0.39, 0.29) is 0 Å². The molecule has 1 N–H and O–H groups in total. The molecule has 1 heterocycles. The molecule has 19 heavy (non-hydrogen) atoms. The van der Waals surface area contributed by atoms with E-state index in [2.05, 4.69) is 35.4 Å². The molecule has 2 atom stereocenters. The summed E-state index contributed by atoms with van der Waals surface area (Å²) in [6.07, 6.45) is 6.38. The fourth-order valence-corrected chi connectivity index (χ4v) is 3.11. The highest BCUT2D eigenvalue weighted by atomic mass is 16.3. The maximum absolute atomic E-state index is 5.80. The third-order valence-electron chi connectivity index (χ3n) is 4.40. The Labute approximate surface area is 113 Å². The van der Waals surface area contributed by atoms with Crippen molar-refractivity contribution in [3.05, 3.63) is 24.1 Å². The number of benzene rings is 1. The van der Waals surface area contributed by atoms with E-state index in [4.69, 9.17) is 4.42 Å². The maximum atomic E-state index is 5.80. The number of anilines is 1. The molecule has 0 aliphatic heterocycles. The Balaban J connectivity index is 1.56. The lowest BCUT2D eigenvalue weighted by Gasteiger charge is -2.13. The molecular weight excluding hydrogens is 236 g/mol. The fourth-order valence-electron chi connectivity index (χ4n) is 3.11. The molecule has 2 unspecified atom stereocenters. The van der Waals surface area contributed by atoms with Crippen LogP contribution < -0.4 is 5.32 Å². The number of aromatic nitrogens is 1. The van der Waals surface area contributed by atoms with Crippen LogP contribution in [-0.4, -0.2) is 11.0 Å². The Morgan fingerprint density at radius 2 is 2.11 bits per heavy atom. The van der Waals surface area contributed by atoms with E-state index in [1.54, 1.807) is 0 Å². The van der Waals surface area contributed by atoms with Gasteiger partial charge in [-0.2, -0.15) is 0 Å². The zero-order valence-corrected chi connectivity index (χ0v) is 11.4. The second-order valence-corrected chi connectivity index (χ2v) is 6.27. The number of oxazole rings is 1. The van der Waals surface area contributed by atoms with Gasteiger partial charge in [0.2, 0.25) is 0 Å². The molecule has 100 valence electrons. The summed E-state index contributed by atoms with van der Waals surface area (Å²) < 4.78 is 5.80. The molecule has 1 aromatic carbocycles. The van der Waals surface area contributed by atoms with Crippen LogP contribution in [0.15, 0.2) is 22.6 Å². The zero-order valence-electron chi connectivity index (χ0n) is 11.4. The van der Waals surface area contributed by atoms with Gasteiger partial charge in [0.15, 0.2) is 11.5 Å². The first kappa shape index (κ1) is 11.3. The minimum Gasteiger partial charge on any atom is -0.440 e. The van der Waals surface area contributed by atoms with Gasteiger partial charge in [-0.15, -0.1) is 0 Å². The second-order valence-electron chi connectivity index (χ2n) is 6.27. The van der Waals surface area contributed by atoms with Gasteiger partial charge in [-0.1, -0.05) is 6.92 Å². The summed E-state index contributed by atoms with van der Waals surface area (Å²) in [7, 11) is 0. The average Bonchev–Trinajstić information content (AvgIpc) is 3.04. The molecule has 2 saturated carbocycles. The number of nitrogens with zero attached hydrogens (tertiary/aromatic N) is 1. The van der Waals surface area contributed by atoms with E-state index in [1.807, 2.05) is 0 Å². The Morgan fingerprint density at radius 1 is 1.21 bits per heavy atom. The van der Waals surface area contributed by atoms with E-state index in [9.17, 15) is 0 Å². The molecule has 2 aromatic rings. The summed E-state index contributed by atoms with van der Waals surface area (Å²) in [6, 6.07) is 6.93. The van der Waals surface area contributed by atoms with Crippen molar-refractivity contribution in [1.29, 1.82) is 0 Å². The van der Waals surface area contributed by atoms with Crippen molar-refractivity contribution >= 4 is 16.8 Å². The van der Waals surface area contributed by atoms with E-state index >= 15 is 0 Å². The van der Waals surface area contributed by atoms with Crippen LogP contribution in [0.2, 0.25) is 0 Å². The molecule has 0 saturated heterocycles. The van der Waals surface area contributed by atoms with Crippen LogP contribution in [0.3, 0.4) is 0 Å². The summed E-state index contributed by atoms with van der Waals surface area (Å²) in [4.78, 5) is 4.62. The molecule has 3 nitrogen and oxygen atoms in total. The number of rotatable bonds is 3. The van der Waals surface area contributed by atoms with Crippen LogP contribution in [-0.2, 0) is 0 Å². The Bertz CT molecular complexity index is 600. The standard InChI is InChI=1S/C16H20N2O/c1-10-2-5-12(8-10)17-13-6-7-15-14(9-13)18-16(19-15)11-3-4-11/h6-7,9-12,17H,2-5,8H2,1H3. The predicted molar refractivity (Wildman–Crippen MR) is 76.4 cm³/mol. The van der Waals surface area contributed by atoms with Gasteiger partial charge in [0, 0.05) is 17.6 Å². The van der Waals surface area contributed by atoms with Crippen molar-refractivity contribution in [3.63, 3.8) is 0 Å². The van der Waals surface area contributed by atoms with Gasteiger partial charge >= 0.3 is 0 Å². The van der Waals surface area contributed by atoms with Crippen LogP contribution in [0, 0.1) is 5.92 Å². The highest BCUT2D eigenvalue weighted by molar-refractivity contribution is 5.77. The third-order valence-corrected chi connectivity index (χ3v) is 4.40. The lowest BCUT2D eigenvalue weighted by atomic mass is 10.1. The molecule has 1 aromatic heterocycles. The Morgan fingerprint density at radius 3 is 2.84 bits per heavy atom. The highest BCUT2D eigenvalue weighted by Crippen LogP contribution is 2.40. The lowest BCUT2D eigenvalue weighted by molar-refractivity contribution is 0.533. The summed E-state index contributed by atoms with van der Waals surface area (Å²) >= 11 is 0. The minimum atomic E-state index is 0.583. The van der Waals surface area contributed by atoms with Gasteiger partial charge in [-0.25, -0.2) is 4.98 Å². The summed E-state index contributed by atoms with van der Waals surface area (Å²) in [5.74, 6) is 2.37. The third kappa shape index (κ3) is 2.22. The number of hydrogen-bond acceptors (Lipinski definition) is 3. The topological polar surface area (TPSA) is 38.1 Å². The molecule has 3 heteroatoms. The SMILES string of the molecule is CC1CCC(Nc2ccc3oc(C4CC4)nc3c2)C1. The molecule has 0 bridgehead atoms. The van der Waals surface area contributed by atoms with Gasteiger partial charge in [-0.05, 0) is 56.2 Å². The van der Waals surface area contributed by atoms with E-state index in [1.165, 1.54) is 37.8 Å². The molecule has 0 amide bonds. The number of nitrogens with one attached hydrogen (secondary N) is 1. The number of fused-ring (bicyclic) bond motifs is 1. The van der Waals surface area contributed by atoms with Gasteiger partial charge in [-0.3, -0.25) is 0 Å². The second kappa shape index (κ2) is 4.26. The van der Waals surface area contributed by atoms with Gasteiger partial charge in [0.25, 0.3) is 0 Å². The molecule has 2 aliphatic rings. The Kier molecular flexibility index (Phi) is 2.54. The maximum Gasteiger partial charge on any atom is 0.198 e. The first-order valence-electron chi connectivity index (χ1n) is 7.45. The average molecular weight is 256 g/mol. The Hall–Kier alpha value is -1.51. The smallest absolute Gasteiger partial charge is 0.198 e. The van der Waals surface area contributed by atoms with Crippen LogP contribution >= 0.6 is 0 Å². The molecule has 2 fully saturated rings. The highest BCUT2D eigenvalue weighted by Gasteiger charge is 2.29. The quantitative estimate of drug-likeness (QED) is 0.889. The van der Waals surface area contributed by atoms with Crippen LogP contribution in [0.1, 0.15) is 50.8 Å². The minimum absolute atomic E-state index is 0.583. The normalized spacial score (nSPS) is 27.0. The van der Waals surface area contributed by atoms with Crippen molar-refractivity contribution in [2.75, 3.05) is 5.32 Å². The van der Waals surface area contributed by atoms with Crippen LogP contribution in [0.5, 0.6) is 0 Å². The van der Waals surface area contributed by atoms with Crippen molar-refractivity contribution < 1.29 is 4.42 Å². The first-order chi connectivity index (χ1) is 9.28. The monoisotopic (exact) mass is 256 g/mol. The van der Waals surface area contributed by atoms with E-state index < -0.39 is 0 Å². The summed E-state index contributed by atoms with van der Waals surface area (Å²) in [5, 5.41) is 3.64. The summed E-state index contributed by atoms with van der Waals surface area (Å²) in [6.45, 7) is 2.34. The molecule has 0 radical (unpaired) electrons. The van der Waals surface area contributed by atoms with E-state index in [0.29, 0.717) is 12.0 Å². The molecule has 2 aliphatic carbocycles. The van der Waals surface area contributed by atoms with Crippen LogP contribution in [0.25, 0.3) is 11.1 Å². The molecular formula is C16H20N2O. The van der Waals surface area contributed by atoms with Crippen molar-refractivity contribution in [1.82, 2.24) is 4.98 Å². The van der Waals surface area contributed by atoms with Crippen molar-refractivity contribution in [2.45, 2.75) is 51.0 Å². The van der Waals surface area contributed by atoms with Crippen LogP contribution in [0.4, 0.5) is 5.69 Å². The van der Waals surface area contributed by atoms with Crippen molar-refractivity contribution in [3.8, 4) is 0 Å². The van der Waals surface area contributed by atoms with Gasteiger partial charge in [0.1, 0.15) is 5.52 Å². The fraction of sp³-hybridized carbons (Fsp3) is 0.562. The van der Waals surface area contributed by atoms with Crippen molar-refractivity contribution in [2.24, 2.45) is 5.92 Å². The molecule has 0 spiro atoms. The number of hydrogen-bond donors (Lipinski definition) is 1. The summed E-state index contributed by atoms with van der Waals surface area (Å²) in [5.41, 5.74) is 3.10. The molecule has 4 rings (SSSR count). The first-order valence-corrected chi connectivity index (χ1v) is 7.45.